The Labute approximate surface area is 88.2 Å². The van der Waals surface area contributed by atoms with Gasteiger partial charge in [0.2, 0.25) is 0 Å². The van der Waals surface area contributed by atoms with Gasteiger partial charge in [-0.3, -0.25) is 10.1 Å². The quantitative estimate of drug-likeness (QED) is 0.805. The normalized spacial score (nSPS) is 9.47. The predicted molar refractivity (Wildman–Crippen MR) is 55.7 cm³/mol. The van der Waals surface area contributed by atoms with Crippen molar-refractivity contribution in [3.05, 3.63) is 35.4 Å². The first-order chi connectivity index (χ1) is 7.13. The van der Waals surface area contributed by atoms with Crippen LogP contribution in [0.4, 0.5) is 4.79 Å². The zero-order valence-corrected chi connectivity index (χ0v) is 8.74. The summed E-state index contributed by atoms with van der Waals surface area (Å²) in [6.07, 6.45) is -0.719. The van der Waals surface area contributed by atoms with Gasteiger partial charge in [-0.1, -0.05) is 17.7 Å². The summed E-state index contributed by atoms with van der Waals surface area (Å²) >= 11 is 0. The summed E-state index contributed by atoms with van der Waals surface area (Å²) in [5, 5.41) is 2.12. The number of hydrogen-bond acceptors (Lipinski definition) is 3. The zero-order chi connectivity index (χ0) is 11.3. The number of nitrogens with one attached hydrogen (secondary N) is 1. The molecule has 0 saturated carbocycles. The number of alkyl carbamates (subject to hydrolysis) is 1. The van der Waals surface area contributed by atoms with Crippen LogP contribution < -0.4 is 5.32 Å². The van der Waals surface area contributed by atoms with Crippen molar-refractivity contribution in [2.24, 2.45) is 0 Å². The van der Waals surface area contributed by atoms with Crippen molar-refractivity contribution in [1.82, 2.24) is 5.32 Å². The van der Waals surface area contributed by atoms with Crippen molar-refractivity contribution in [2.45, 2.75) is 13.8 Å². The highest BCUT2D eigenvalue weighted by molar-refractivity contribution is 6.02. The molecule has 1 aromatic rings. The van der Waals surface area contributed by atoms with Crippen LogP contribution in [0.25, 0.3) is 0 Å². The smallest absolute Gasteiger partial charge is 0.414 e. The largest absolute Gasteiger partial charge is 0.450 e. The molecule has 4 heteroatoms. The molecule has 0 fully saturated rings. The fraction of sp³-hybridized carbons (Fsp3) is 0.273. The number of benzene rings is 1. The molecule has 0 heterocycles. The number of aryl methyl sites for hydroxylation is 1. The molecule has 80 valence electrons. The van der Waals surface area contributed by atoms with Crippen LogP contribution in [0, 0.1) is 6.92 Å². The van der Waals surface area contributed by atoms with Gasteiger partial charge in [-0.05, 0) is 26.0 Å². The lowest BCUT2D eigenvalue weighted by molar-refractivity contribution is 0.0925. The molecule has 1 aromatic carbocycles. The minimum absolute atomic E-state index is 0.243. The second-order valence-corrected chi connectivity index (χ2v) is 3.04. The summed E-state index contributed by atoms with van der Waals surface area (Å²) in [6, 6.07) is 6.92. The summed E-state index contributed by atoms with van der Waals surface area (Å²) < 4.78 is 4.59. The molecule has 2 amide bonds. The first kappa shape index (κ1) is 11.2. The Kier molecular flexibility index (Phi) is 3.85. The Hall–Kier alpha value is -1.84. The lowest BCUT2D eigenvalue weighted by Crippen LogP contribution is -2.30. The maximum atomic E-state index is 11.4. The minimum Gasteiger partial charge on any atom is -0.450 e. The van der Waals surface area contributed by atoms with E-state index >= 15 is 0 Å². The van der Waals surface area contributed by atoms with Gasteiger partial charge in [0.05, 0.1) is 6.61 Å². The highest BCUT2D eigenvalue weighted by Crippen LogP contribution is 2.02. The molecule has 0 atom stereocenters. The lowest BCUT2D eigenvalue weighted by Gasteiger charge is -2.03. The summed E-state index contributed by atoms with van der Waals surface area (Å²) in [4.78, 5) is 22.4. The standard InChI is InChI=1S/C11H13NO3/c1-3-15-11(14)12-10(13)9-6-4-8(2)5-7-9/h4-7H,3H2,1-2H3,(H,12,13,14). The molecule has 0 aromatic heterocycles. The number of amides is 2. The lowest BCUT2D eigenvalue weighted by atomic mass is 10.1. The summed E-state index contributed by atoms with van der Waals surface area (Å²) in [5.41, 5.74) is 1.50. The van der Waals surface area contributed by atoms with E-state index in [1.807, 2.05) is 6.92 Å². The fourth-order valence-electron chi connectivity index (χ4n) is 1.04. The first-order valence-electron chi connectivity index (χ1n) is 4.68. The number of carbonyl (C=O) groups is 2. The molecular formula is C11H13NO3. The SMILES string of the molecule is CCOC(=O)NC(=O)c1ccc(C)cc1. The van der Waals surface area contributed by atoms with Gasteiger partial charge in [-0.25, -0.2) is 4.79 Å². The second-order valence-electron chi connectivity index (χ2n) is 3.04. The Morgan fingerprint density at radius 1 is 1.27 bits per heavy atom. The van der Waals surface area contributed by atoms with Gasteiger partial charge in [-0.2, -0.15) is 0 Å². The van der Waals surface area contributed by atoms with Crippen molar-refractivity contribution >= 4 is 12.0 Å². The van der Waals surface area contributed by atoms with E-state index in [-0.39, 0.29) is 6.61 Å². The molecule has 0 bridgehead atoms. The van der Waals surface area contributed by atoms with Gasteiger partial charge >= 0.3 is 6.09 Å². The number of carbonyl (C=O) groups excluding carboxylic acids is 2. The third-order valence-electron chi connectivity index (χ3n) is 1.80. The molecule has 0 aliphatic rings. The van der Waals surface area contributed by atoms with E-state index in [1.165, 1.54) is 0 Å². The summed E-state index contributed by atoms with van der Waals surface area (Å²) in [6.45, 7) is 3.84. The van der Waals surface area contributed by atoms with E-state index in [0.29, 0.717) is 5.56 Å². The van der Waals surface area contributed by atoms with E-state index < -0.39 is 12.0 Å². The van der Waals surface area contributed by atoms with Crippen LogP contribution in [0.5, 0.6) is 0 Å². The number of rotatable bonds is 2. The summed E-state index contributed by atoms with van der Waals surface area (Å²) in [5.74, 6) is -0.451. The number of ether oxygens (including phenoxy) is 1. The third kappa shape index (κ3) is 3.42. The molecular weight excluding hydrogens is 194 g/mol. The molecule has 1 N–H and O–H groups in total. The predicted octanol–water partition coefficient (Wildman–Crippen LogP) is 1.88. The van der Waals surface area contributed by atoms with Crippen molar-refractivity contribution in [2.75, 3.05) is 6.61 Å². The van der Waals surface area contributed by atoms with Gasteiger partial charge in [-0.15, -0.1) is 0 Å². The Morgan fingerprint density at radius 2 is 1.87 bits per heavy atom. The number of hydrogen-bond donors (Lipinski definition) is 1. The molecule has 15 heavy (non-hydrogen) atoms. The molecule has 0 aliphatic heterocycles. The van der Waals surface area contributed by atoms with Gasteiger partial charge in [0.1, 0.15) is 0 Å². The minimum atomic E-state index is -0.719. The molecule has 0 aliphatic carbocycles. The van der Waals surface area contributed by atoms with Crippen LogP contribution in [0.15, 0.2) is 24.3 Å². The number of imide groups is 1. The van der Waals surface area contributed by atoms with E-state index in [2.05, 4.69) is 10.1 Å². The monoisotopic (exact) mass is 207 g/mol. The first-order valence-corrected chi connectivity index (χ1v) is 4.68. The maximum absolute atomic E-state index is 11.4. The van der Waals surface area contributed by atoms with E-state index in [0.717, 1.165) is 5.56 Å². The summed E-state index contributed by atoms with van der Waals surface area (Å²) in [7, 11) is 0. The molecule has 1 rings (SSSR count). The van der Waals surface area contributed by atoms with E-state index in [4.69, 9.17) is 0 Å². The zero-order valence-electron chi connectivity index (χ0n) is 8.74. The van der Waals surface area contributed by atoms with Gasteiger partial charge in [0, 0.05) is 5.56 Å². The molecule has 0 unspecified atom stereocenters. The van der Waals surface area contributed by atoms with Crippen LogP contribution >= 0.6 is 0 Å². The third-order valence-corrected chi connectivity index (χ3v) is 1.80. The Bertz CT molecular complexity index is 357. The van der Waals surface area contributed by atoms with Gasteiger partial charge in [0.15, 0.2) is 0 Å². The Balaban J connectivity index is 2.61. The maximum Gasteiger partial charge on any atom is 0.414 e. The topological polar surface area (TPSA) is 55.4 Å². The highest BCUT2D eigenvalue weighted by Gasteiger charge is 2.09. The van der Waals surface area contributed by atoms with Gasteiger partial charge in [0.25, 0.3) is 5.91 Å². The molecule has 4 nitrogen and oxygen atoms in total. The van der Waals surface area contributed by atoms with Crippen LogP contribution in [-0.2, 0) is 4.74 Å². The average Bonchev–Trinajstić information content (AvgIpc) is 2.18. The van der Waals surface area contributed by atoms with Crippen LogP contribution in [0.3, 0.4) is 0 Å². The average molecular weight is 207 g/mol. The van der Waals surface area contributed by atoms with Crippen LogP contribution in [-0.4, -0.2) is 18.6 Å². The van der Waals surface area contributed by atoms with E-state index in [1.54, 1.807) is 31.2 Å². The fourth-order valence-corrected chi connectivity index (χ4v) is 1.04. The van der Waals surface area contributed by atoms with Gasteiger partial charge < -0.3 is 4.74 Å². The van der Waals surface area contributed by atoms with Crippen LogP contribution in [0.1, 0.15) is 22.8 Å². The van der Waals surface area contributed by atoms with Crippen molar-refractivity contribution in [3.8, 4) is 0 Å². The second kappa shape index (κ2) is 5.14. The van der Waals surface area contributed by atoms with Crippen LogP contribution in [0.2, 0.25) is 0 Å². The molecule has 0 saturated heterocycles. The Morgan fingerprint density at radius 3 is 2.40 bits per heavy atom. The van der Waals surface area contributed by atoms with E-state index in [9.17, 15) is 9.59 Å². The molecule has 0 spiro atoms. The van der Waals surface area contributed by atoms with Crippen molar-refractivity contribution < 1.29 is 14.3 Å². The highest BCUT2D eigenvalue weighted by atomic mass is 16.5. The van der Waals surface area contributed by atoms with Crippen molar-refractivity contribution in [1.29, 1.82) is 0 Å². The van der Waals surface area contributed by atoms with Crippen molar-refractivity contribution in [3.63, 3.8) is 0 Å². The molecule has 0 radical (unpaired) electrons.